The maximum Gasteiger partial charge on any atom is 0.172 e. The molecule has 7 heteroatoms. The second-order valence-electron chi connectivity index (χ2n) is 4.88. The summed E-state index contributed by atoms with van der Waals surface area (Å²) in [4.78, 5) is 0. The molecule has 5 nitrogen and oxygen atoms in total. The van der Waals surface area contributed by atoms with Gasteiger partial charge in [0.2, 0.25) is 0 Å². The first-order valence-corrected chi connectivity index (χ1v) is 7.83. The fourth-order valence-corrected chi connectivity index (χ4v) is 2.43. The van der Waals surface area contributed by atoms with Gasteiger partial charge in [0.1, 0.15) is 5.76 Å². The Balaban J connectivity index is 1.54. The van der Waals surface area contributed by atoms with Crippen LogP contribution in [0.5, 0.6) is 0 Å². The van der Waals surface area contributed by atoms with Gasteiger partial charge in [0.05, 0.1) is 19.4 Å². The summed E-state index contributed by atoms with van der Waals surface area (Å²) in [6.45, 7) is 1.13. The maximum absolute atomic E-state index is 6.16. The zero-order valence-electron chi connectivity index (χ0n) is 12.2. The number of furan rings is 1. The Morgan fingerprint density at radius 2 is 2.09 bits per heavy atom. The number of rotatable bonds is 5. The van der Waals surface area contributed by atoms with Gasteiger partial charge >= 0.3 is 0 Å². The largest absolute Gasteiger partial charge is 0.467 e. The number of nitrogens with one attached hydrogen (secondary N) is 2. The normalized spacial score (nSPS) is 10.5. The van der Waals surface area contributed by atoms with Gasteiger partial charge in [0.15, 0.2) is 10.9 Å². The van der Waals surface area contributed by atoms with Crippen molar-refractivity contribution in [1.29, 1.82) is 0 Å². The van der Waals surface area contributed by atoms with Gasteiger partial charge in [0, 0.05) is 17.3 Å². The Kier molecular flexibility index (Phi) is 4.95. The Labute approximate surface area is 144 Å². The average Bonchev–Trinajstić information content (AvgIpc) is 3.19. The van der Waals surface area contributed by atoms with Crippen molar-refractivity contribution in [1.82, 2.24) is 15.1 Å². The zero-order chi connectivity index (χ0) is 16.1. The van der Waals surface area contributed by atoms with E-state index in [1.807, 2.05) is 48.7 Å². The number of aromatic nitrogens is 2. The number of benzene rings is 1. The summed E-state index contributed by atoms with van der Waals surface area (Å²) in [5.74, 6) is 1.49. The van der Waals surface area contributed by atoms with Crippen molar-refractivity contribution in [2.75, 3.05) is 5.32 Å². The van der Waals surface area contributed by atoms with E-state index < -0.39 is 0 Å². The summed E-state index contributed by atoms with van der Waals surface area (Å²) in [7, 11) is 0. The van der Waals surface area contributed by atoms with Gasteiger partial charge in [-0.1, -0.05) is 29.8 Å². The SMILES string of the molecule is S=C(NCc1ccco1)Nc1ccn(Cc2ccccc2Cl)n1. The quantitative estimate of drug-likeness (QED) is 0.690. The Bertz CT molecular complexity index is 785. The van der Waals surface area contributed by atoms with Gasteiger partial charge < -0.3 is 15.1 Å². The lowest BCUT2D eigenvalue weighted by Crippen LogP contribution is -2.27. The summed E-state index contributed by atoms with van der Waals surface area (Å²) in [5.41, 5.74) is 1.02. The predicted molar refractivity (Wildman–Crippen MR) is 94.5 cm³/mol. The monoisotopic (exact) mass is 346 g/mol. The first kappa shape index (κ1) is 15.6. The highest BCUT2D eigenvalue weighted by Crippen LogP contribution is 2.16. The zero-order valence-corrected chi connectivity index (χ0v) is 13.8. The molecule has 0 radical (unpaired) electrons. The Hall–Kier alpha value is -2.31. The van der Waals surface area contributed by atoms with Crippen molar-refractivity contribution in [3.8, 4) is 0 Å². The molecular formula is C16H15ClN4OS. The van der Waals surface area contributed by atoms with Crippen LogP contribution in [-0.4, -0.2) is 14.9 Å². The molecule has 0 aliphatic carbocycles. The lowest BCUT2D eigenvalue weighted by atomic mass is 10.2. The fourth-order valence-electron chi connectivity index (χ4n) is 2.06. The minimum atomic E-state index is 0.490. The number of thiocarbonyl (C=S) groups is 1. The molecule has 0 aliphatic heterocycles. The van der Waals surface area contributed by atoms with Crippen molar-refractivity contribution >= 4 is 34.7 Å². The van der Waals surface area contributed by atoms with Crippen LogP contribution in [0.2, 0.25) is 5.02 Å². The molecule has 118 valence electrons. The van der Waals surface area contributed by atoms with E-state index in [2.05, 4.69) is 15.7 Å². The molecule has 0 aliphatic rings. The lowest BCUT2D eigenvalue weighted by molar-refractivity contribution is 0.503. The van der Waals surface area contributed by atoms with Gasteiger partial charge in [-0.05, 0) is 36.0 Å². The smallest absolute Gasteiger partial charge is 0.172 e. The van der Waals surface area contributed by atoms with Crippen molar-refractivity contribution in [2.24, 2.45) is 0 Å². The highest BCUT2D eigenvalue weighted by Gasteiger charge is 2.05. The van der Waals surface area contributed by atoms with Crippen LogP contribution in [-0.2, 0) is 13.1 Å². The molecule has 0 saturated heterocycles. The van der Waals surface area contributed by atoms with Crippen LogP contribution in [0.25, 0.3) is 0 Å². The molecule has 1 aromatic carbocycles. The van der Waals surface area contributed by atoms with Crippen LogP contribution < -0.4 is 10.6 Å². The summed E-state index contributed by atoms with van der Waals surface area (Å²) >= 11 is 11.4. The molecule has 0 spiro atoms. The van der Waals surface area contributed by atoms with E-state index in [9.17, 15) is 0 Å². The fraction of sp³-hybridized carbons (Fsp3) is 0.125. The maximum atomic E-state index is 6.16. The number of nitrogens with zero attached hydrogens (tertiary/aromatic N) is 2. The van der Waals surface area contributed by atoms with E-state index in [0.717, 1.165) is 16.3 Å². The summed E-state index contributed by atoms with van der Waals surface area (Å²) in [6, 6.07) is 13.3. The molecule has 0 bridgehead atoms. The lowest BCUT2D eigenvalue weighted by Gasteiger charge is -2.07. The van der Waals surface area contributed by atoms with E-state index in [0.29, 0.717) is 24.0 Å². The Morgan fingerprint density at radius 3 is 2.87 bits per heavy atom. The highest BCUT2D eigenvalue weighted by atomic mass is 35.5. The van der Waals surface area contributed by atoms with Crippen LogP contribution in [0.4, 0.5) is 5.82 Å². The van der Waals surface area contributed by atoms with Crippen LogP contribution in [0.1, 0.15) is 11.3 Å². The number of halogens is 1. The summed E-state index contributed by atoms with van der Waals surface area (Å²) in [5, 5.41) is 11.7. The summed E-state index contributed by atoms with van der Waals surface area (Å²) in [6.07, 6.45) is 3.50. The van der Waals surface area contributed by atoms with E-state index in [-0.39, 0.29) is 0 Å². The van der Waals surface area contributed by atoms with Crippen LogP contribution in [0, 0.1) is 0 Å². The molecule has 0 amide bonds. The molecule has 3 rings (SSSR count). The van der Waals surface area contributed by atoms with E-state index in [4.69, 9.17) is 28.2 Å². The van der Waals surface area contributed by atoms with Gasteiger partial charge in [0.25, 0.3) is 0 Å². The van der Waals surface area contributed by atoms with Crippen molar-refractivity contribution in [3.05, 3.63) is 71.3 Å². The molecular weight excluding hydrogens is 332 g/mol. The van der Waals surface area contributed by atoms with Crippen molar-refractivity contribution < 1.29 is 4.42 Å². The number of hydrogen-bond acceptors (Lipinski definition) is 3. The van der Waals surface area contributed by atoms with Crippen molar-refractivity contribution in [2.45, 2.75) is 13.1 Å². The minimum absolute atomic E-state index is 0.490. The van der Waals surface area contributed by atoms with Gasteiger partial charge in [-0.3, -0.25) is 4.68 Å². The van der Waals surface area contributed by atoms with E-state index >= 15 is 0 Å². The second kappa shape index (κ2) is 7.30. The van der Waals surface area contributed by atoms with E-state index in [1.165, 1.54) is 0 Å². The summed E-state index contributed by atoms with van der Waals surface area (Å²) < 4.78 is 7.04. The first-order valence-electron chi connectivity index (χ1n) is 7.05. The third kappa shape index (κ3) is 4.34. The Morgan fingerprint density at radius 1 is 1.22 bits per heavy atom. The van der Waals surface area contributed by atoms with E-state index in [1.54, 1.807) is 10.9 Å². The van der Waals surface area contributed by atoms with Gasteiger partial charge in [-0.25, -0.2) is 0 Å². The molecule has 0 unspecified atom stereocenters. The molecule has 0 atom stereocenters. The topological polar surface area (TPSA) is 55.0 Å². The van der Waals surface area contributed by atoms with Crippen LogP contribution >= 0.6 is 23.8 Å². The molecule has 23 heavy (non-hydrogen) atoms. The van der Waals surface area contributed by atoms with Crippen LogP contribution in [0.15, 0.2) is 59.3 Å². The molecule has 2 heterocycles. The van der Waals surface area contributed by atoms with Crippen molar-refractivity contribution in [3.63, 3.8) is 0 Å². The molecule has 3 aromatic rings. The van der Waals surface area contributed by atoms with Crippen LogP contribution in [0.3, 0.4) is 0 Å². The average molecular weight is 347 g/mol. The highest BCUT2D eigenvalue weighted by molar-refractivity contribution is 7.80. The number of hydrogen-bond donors (Lipinski definition) is 2. The third-order valence-electron chi connectivity index (χ3n) is 3.18. The van der Waals surface area contributed by atoms with Gasteiger partial charge in [-0.15, -0.1) is 0 Å². The molecule has 2 aromatic heterocycles. The third-order valence-corrected chi connectivity index (χ3v) is 3.79. The molecule has 2 N–H and O–H groups in total. The number of anilines is 1. The predicted octanol–water partition coefficient (Wildman–Crippen LogP) is 3.66. The molecule has 0 saturated carbocycles. The van der Waals surface area contributed by atoms with Gasteiger partial charge in [-0.2, -0.15) is 5.10 Å². The standard InChI is InChI=1S/C16H15ClN4OS/c17-14-6-2-1-4-12(14)11-21-8-7-15(20-21)19-16(23)18-10-13-5-3-9-22-13/h1-9H,10-11H2,(H2,18,19,20,23). The minimum Gasteiger partial charge on any atom is -0.467 e. The second-order valence-corrected chi connectivity index (χ2v) is 5.69. The molecule has 0 fully saturated rings. The first-order chi connectivity index (χ1) is 11.2.